The third-order valence-corrected chi connectivity index (χ3v) is 4.33. The van der Waals surface area contributed by atoms with Crippen LogP contribution in [0.25, 0.3) is 16.9 Å². The zero-order valence-electron chi connectivity index (χ0n) is 15.1. The fraction of sp³-hybridized carbons (Fsp3) is 0.100. The molecule has 4 aromatic rings. The zero-order valence-corrected chi connectivity index (χ0v) is 15.1. The molecule has 0 fully saturated rings. The second-order valence-corrected chi connectivity index (χ2v) is 6.29. The Morgan fingerprint density at radius 3 is 2.52 bits per heavy atom. The van der Waals surface area contributed by atoms with E-state index < -0.39 is 17.8 Å². The molecule has 6 nitrogen and oxygen atoms in total. The summed E-state index contributed by atoms with van der Waals surface area (Å²) in [4.78, 5) is 24.5. The zero-order chi connectivity index (χ0) is 20.6. The van der Waals surface area contributed by atoms with E-state index in [1.165, 1.54) is 13.1 Å². The molecule has 1 aromatic carbocycles. The summed E-state index contributed by atoms with van der Waals surface area (Å²) in [5.74, 6) is 0.0513. The van der Waals surface area contributed by atoms with Gasteiger partial charge in [0.25, 0.3) is 5.91 Å². The summed E-state index contributed by atoms with van der Waals surface area (Å²) in [7, 11) is 0. The minimum Gasteiger partial charge on any atom is -0.321 e. The molecule has 29 heavy (non-hydrogen) atoms. The topological polar surface area (TPSA) is 72.7 Å². The number of fused-ring (bicyclic) bond motifs is 1. The minimum atomic E-state index is -4.56. The first kappa shape index (κ1) is 18.6. The lowest BCUT2D eigenvalue weighted by atomic mass is 10.1. The highest BCUT2D eigenvalue weighted by atomic mass is 19.4. The van der Waals surface area contributed by atoms with E-state index in [0.717, 1.165) is 23.2 Å². The number of anilines is 1. The number of carbonyl (C=O) groups is 1. The molecular formula is C20H14F3N5O. The predicted molar refractivity (Wildman–Crippen MR) is 101 cm³/mol. The Kier molecular flexibility index (Phi) is 4.50. The van der Waals surface area contributed by atoms with E-state index in [1.807, 2.05) is 28.8 Å². The summed E-state index contributed by atoms with van der Waals surface area (Å²) in [6.45, 7) is 1.36. The molecular weight excluding hydrogens is 383 g/mol. The Hall–Kier alpha value is -3.75. The van der Waals surface area contributed by atoms with Gasteiger partial charge in [-0.3, -0.25) is 9.36 Å². The highest BCUT2D eigenvalue weighted by molar-refractivity contribution is 6.04. The molecule has 0 aliphatic rings. The van der Waals surface area contributed by atoms with Crippen molar-refractivity contribution in [1.29, 1.82) is 0 Å². The number of aromatic nitrogens is 4. The van der Waals surface area contributed by atoms with Gasteiger partial charge in [0.2, 0.25) is 0 Å². The molecule has 0 radical (unpaired) electrons. The fourth-order valence-corrected chi connectivity index (χ4v) is 2.90. The molecule has 0 aliphatic carbocycles. The summed E-state index contributed by atoms with van der Waals surface area (Å²) in [6, 6.07) is 12.9. The SMILES string of the molecule is Cc1nc(C(F)(F)F)ccc1C(=O)Nc1ccc(-n2cnc3ccccc32)nc1. The lowest BCUT2D eigenvalue weighted by Gasteiger charge is -2.11. The standard InChI is InChI=1S/C20H14F3N5O/c1-12-14(7-8-17(26-12)20(21,22)23)19(29)27-13-6-9-18(24-10-13)28-11-25-15-4-2-3-5-16(15)28/h2-11H,1H3,(H,27,29). The van der Waals surface area contributed by atoms with E-state index >= 15 is 0 Å². The summed E-state index contributed by atoms with van der Waals surface area (Å²) < 4.78 is 40.0. The molecule has 0 atom stereocenters. The number of amides is 1. The number of hydrogen-bond acceptors (Lipinski definition) is 4. The van der Waals surface area contributed by atoms with Gasteiger partial charge in [0.15, 0.2) is 0 Å². The maximum absolute atomic E-state index is 12.7. The van der Waals surface area contributed by atoms with Crippen LogP contribution in [0.3, 0.4) is 0 Å². The molecule has 146 valence electrons. The number of carbonyl (C=O) groups excluding carboxylic acids is 1. The second-order valence-electron chi connectivity index (χ2n) is 6.29. The van der Waals surface area contributed by atoms with Crippen molar-refractivity contribution in [2.45, 2.75) is 13.1 Å². The van der Waals surface area contributed by atoms with Gasteiger partial charge in [-0.05, 0) is 43.3 Å². The molecule has 4 rings (SSSR count). The van der Waals surface area contributed by atoms with Crippen LogP contribution >= 0.6 is 0 Å². The van der Waals surface area contributed by atoms with Crippen molar-refractivity contribution in [2.24, 2.45) is 0 Å². The normalized spacial score (nSPS) is 11.6. The number of pyridine rings is 2. The molecule has 0 spiro atoms. The summed E-state index contributed by atoms with van der Waals surface area (Å²) in [6.07, 6.45) is -1.44. The van der Waals surface area contributed by atoms with Gasteiger partial charge in [-0.15, -0.1) is 0 Å². The Bertz CT molecular complexity index is 1200. The molecule has 1 amide bonds. The summed E-state index contributed by atoms with van der Waals surface area (Å²) in [5, 5.41) is 2.62. The van der Waals surface area contributed by atoms with Gasteiger partial charge in [0, 0.05) is 0 Å². The molecule has 0 saturated carbocycles. The van der Waals surface area contributed by atoms with E-state index in [1.54, 1.807) is 18.5 Å². The monoisotopic (exact) mass is 397 g/mol. The number of aryl methyl sites for hydroxylation is 1. The van der Waals surface area contributed by atoms with Crippen LogP contribution in [0.4, 0.5) is 18.9 Å². The third kappa shape index (κ3) is 3.66. The number of rotatable bonds is 3. The van der Waals surface area contributed by atoms with E-state index in [-0.39, 0.29) is 11.3 Å². The van der Waals surface area contributed by atoms with Gasteiger partial charge in [-0.2, -0.15) is 13.2 Å². The lowest BCUT2D eigenvalue weighted by Crippen LogP contribution is -2.16. The van der Waals surface area contributed by atoms with E-state index in [2.05, 4.69) is 20.3 Å². The molecule has 3 aromatic heterocycles. The number of para-hydroxylation sites is 2. The number of alkyl halides is 3. The van der Waals surface area contributed by atoms with Crippen LogP contribution in [0.5, 0.6) is 0 Å². The number of hydrogen-bond donors (Lipinski definition) is 1. The van der Waals surface area contributed by atoms with Crippen LogP contribution in [0.15, 0.2) is 61.1 Å². The van der Waals surface area contributed by atoms with Gasteiger partial charge in [-0.25, -0.2) is 15.0 Å². The molecule has 0 unspecified atom stereocenters. The van der Waals surface area contributed by atoms with Crippen molar-refractivity contribution >= 4 is 22.6 Å². The van der Waals surface area contributed by atoms with Crippen molar-refractivity contribution in [3.05, 3.63) is 78.0 Å². The number of nitrogens with zero attached hydrogens (tertiary/aromatic N) is 4. The quantitative estimate of drug-likeness (QED) is 0.556. The van der Waals surface area contributed by atoms with Crippen LogP contribution in [0.1, 0.15) is 21.7 Å². The summed E-state index contributed by atoms with van der Waals surface area (Å²) in [5.41, 5.74) is 1.14. The number of halogens is 3. The first-order valence-corrected chi connectivity index (χ1v) is 8.57. The van der Waals surface area contributed by atoms with Crippen molar-refractivity contribution in [1.82, 2.24) is 19.5 Å². The largest absolute Gasteiger partial charge is 0.433 e. The molecule has 1 N–H and O–H groups in total. The Balaban J connectivity index is 1.54. The summed E-state index contributed by atoms with van der Waals surface area (Å²) >= 11 is 0. The third-order valence-electron chi connectivity index (χ3n) is 4.33. The smallest absolute Gasteiger partial charge is 0.321 e. The van der Waals surface area contributed by atoms with Gasteiger partial charge < -0.3 is 5.32 Å². The first-order valence-electron chi connectivity index (χ1n) is 8.57. The second kappa shape index (κ2) is 7.01. The van der Waals surface area contributed by atoms with Crippen LogP contribution < -0.4 is 5.32 Å². The Labute approximate surface area is 163 Å². The van der Waals surface area contributed by atoms with Crippen molar-refractivity contribution < 1.29 is 18.0 Å². The minimum absolute atomic E-state index is 0.00760. The van der Waals surface area contributed by atoms with Gasteiger partial charge in [0.1, 0.15) is 17.8 Å². The van der Waals surface area contributed by atoms with E-state index in [0.29, 0.717) is 11.5 Å². The maximum Gasteiger partial charge on any atom is 0.433 e. The lowest BCUT2D eigenvalue weighted by molar-refractivity contribution is -0.141. The van der Waals surface area contributed by atoms with Crippen LogP contribution in [0.2, 0.25) is 0 Å². The molecule has 9 heteroatoms. The first-order chi connectivity index (χ1) is 13.8. The van der Waals surface area contributed by atoms with E-state index in [9.17, 15) is 18.0 Å². The van der Waals surface area contributed by atoms with E-state index in [4.69, 9.17) is 0 Å². The van der Waals surface area contributed by atoms with Crippen LogP contribution in [0, 0.1) is 6.92 Å². The Morgan fingerprint density at radius 2 is 1.83 bits per heavy atom. The Morgan fingerprint density at radius 1 is 1.03 bits per heavy atom. The maximum atomic E-state index is 12.7. The molecule has 0 aliphatic heterocycles. The highest BCUT2D eigenvalue weighted by Gasteiger charge is 2.33. The van der Waals surface area contributed by atoms with Crippen molar-refractivity contribution in [2.75, 3.05) is 5.32 Å². The highest BCUT2D eigenvalue weighted by Crippen LogP contribution is 2.28. The molecule has 3 heterocycles. The van der Waals surface area contributed by atoms with Gasteiger partial charge in [-0.1, -0.05) is 12.1 Å². The number of benzene rings is 1. The molecule has 0 saturated heterocycles. The predicted octanol–water partition coefficient (Wildman–Crippen LogP) is 4.40. The number of imidazole rings is 1. The van der Waals surface area contributed by atoms with Crippen LogP contribution in [-0.4, -0.2) is 25.4 Å². The van der Waals surface area contributed by atoms with Crippen LogP contribution in [-0.2, 0) is 6.18 Å². The van der Waals surface area contributed by atoms with Gasteiger partial charge in [0.05, 0.1) is 34.2 Å². The van der Waals surface area contributed by atoms with Crippen molar-refractivity contribution in [3.63, 3.8) is 0 Å². The van der Waals surface area contributed by atoms with Crippen molar-refractivity contribution in [3.8, 4) is 5.82 Å². The average molecular weight is 397 g/mol. The molecule has 0 bridgehead atoms. The van der Waals surface area contributed by atoms with Gasteiger partial charge >= 0.3 is 6.18 Å². The average Bonchev–Trinajstić information content (AvgIpc) is 3.12. The fourth-order valence-electron chi connectivity index (χ4n) is 2.90. The number of nitrogens with one attached hydrogen (secondary N) is 1.